The van der Waals surface area contributed by atoms with Crippen LogP contribution in [0.25, 0.3) is 10.4 Å². The highest BCUT2D eigenvalue weighted by Gasteiger charge is 2.37. The average molecular weight is 371 g/mol. The molecule has 0 spiro atoms. The highest BCUT2D eigenvalue weighted by Crippen LogP contribution is 2.30. The second-order valence-corrected chi connectivity index (χ2v) is 6.12. The standard InChI is InChI=1S/C17H17N5O5/c1-10-2-4-11(5-3-10)16(24)26-9-13-12(20-21-18)8-15(27-13)22-7-6-14(23)19-17(22)25/h2-7,12-13,15H,8-9H2,1H3,(H,19,23,25)/t12-,13-,15-/m1/s1. The molecule has 1 aliphatic heterocycles. The summed E-state index contributed by atoms with van der Waals surface area (Å²) in [7, 11) is 0. The Balaban J connectivity index is 1.70. The summed E-state index contributed by atoms with van der Waals surface area (Å²) in [4.78, 5) is 40.2. The third-order valence-corrected chi connectivity index (χ3v) is 4.23. The van der Waals surface area contributed by atoms with E-state index in [-0.39, 0.29) is 13.0 Å². The minimum Gasteiger partial charge on any atom is -0.459 e. The van der Waals surface area contributed by atoms with Gasteiger partial charge in [-0.3, -0.25) is 14.3 Å². The largest absolute Gasteiger partial charge is 0.459 e. The number of hydrogen-bond acceptors (Lipinski definition) is 6. The summed E-state index contributed by atoms with van der Waals surface area (Å²) < 4.78 is 12.2. The van der Waals surface area contributed by atoms with Crippen LogP contribution in [-0.4, -0.2) is 34.3 Å². The molecule has 2 aromatic rings. The molecular formula is C17H17N5O5. The zero-order valence-corrected chi connectivity index (χ0v) is 14.4. The summed E-state index contributed by atoms with van der Waals surface area (Å²) in [6.07, 6.45) is 0.0645. The van der Waals surface area contributed by atoms with Crippen molar-refractivity contribution >= 4 is 5.97 Å². The van der Waals surface area contributed by atoms with Crippen molar-refractivity contribution in [3.05, 3.63) is 78.9 Å². The molecule has 0 unspecified atom stereocenters. The number of rotatable bonds is 5. The first-order valence-electron chi connectivity index (χ1n) is 8.23. The Hall–Kier alpha value is -3.36. The molecule has 1 aromatic heterocycles. The zero-order chi connectivity index (χ0) is 19.4. The number of aromatic amines is 1. The molecule has 0 bridgehead atoms. The number of nitrogens with zero attached hydrogens (tertiary/aromatic N) is 4. The monoisotopic (exact) mass is 371 g/mol. The first kappa shape index (κ1) is 18.4. The van der Waals surface area contributed by atoms with Crippen molar-refractivity contribution in [2.45, 2.75) is 31.7 Å². The van der Waals surface area contributed by atoms with Gasteiger partial charge in [0.25, 0.3) is 5.56 Å². The van der Waals surface area contributed by atoms with Crippen LogP contribution in [0.4, 0.5) is 0 Å². The predicted molar refractivity (Wildman–Crippen MR) is 94.2 cm³/mol. The van der Waals surface area contributed by atoms with Crippen molar-refractivity contribution < 1.29 is 14.3 Å². The molecule has 10 heteroatoms. The molecule has 1 fully saturated rings. The van der Waals surface area contributed by atoms with Crippen molar-refractivity contribution in [1.82, 2.24) is 9.55 Å². The van der Waals surface area contributed by atoms with Gasteiger partial charge in [0.2, 0.25) is 0 Å². The molecule has 3 atom stereocenters. The smallest absolute Gasteiger partial charge is 0.338 e. The van der Waals surface area contributed by atoms with Crippen LogP contribution in [0.1, 0.15) is 28.6 Å². The van der Waals surface area contributed by atoms with E-state index in [1.54, 1.807) is 24.3 Å². The van der Waals surface area contributed by atoms with Crippen molar-refractivity contribution in [2.24, 2.45) is 5.11 Å². The quantitative estimate of drug-likeness (QED) is 0.368. The van der Waals surface area contributed by atoms with Gasteiger partial charge in [0, 0.05) is 23.6 Å². The first-order valence-corrected chi connectivity index (χ1v) is 8.23. The molecule has 0 saturated carbocycles. The van der Waals surface area contributed by atoms with Gasteiger partial charge in [-0.1, -0.05) is 22.8 Å². The van der Waals surface area contributed by atoms with E-state index < -0.39 is 35.6 Å². The molecular weight excluding hydrogens is 354 g/mol. The fourth-order valence-corrected chi connectivity index (χ4v) is 2.81. The molecule has 2 heterocycles. The molecule has 1 saturated heterocycles. The third-order valence-electron chi connectivity index (χ3n) is 4.23. The number of azide groups is 1. The number of nitrogens with one attached hydrogen (secondary N) is 1. The summed E-state index contributed by atoms with van der Waals surface area (Å²) in [5, 5.41) is 3.67. The van der Waals surface area contributed by atoms with E-state index in [9.17, 15) is 14.4 Å². The molecule has 0 aliphatic carbocycles. The second-order valence-electron chi connectivity index (χ2n) is 6.12. The van der Waals surface area contributed by atoms with Crippen molar-refractivity contribution in [2.75, 3.05) is 6.61 Å². The minimum atomic E-state index is -0.743. The highest BCUT2D eigenvalue weighted by molar-refractivity contribution is 5.89. The topological polar surface area (TPSA) is 139 Å². The van der Waals surface area contributed by atoms with Crippen LogP contribution in [0.5, 0.6) is 0 Å². The van der Waals surface area contributed by atoms with Gasteiger partial charge in [0.15, 0.2) is 0 Å². The third kappa shape index (κ3) is 4.25. The summed E-state index contributed by atoms with van der Waals surface area (Å²) >= 11 is 0. The van der Waals surface area contributed by atoms with Gasteiger partial charge in [-0.2, -0.15) is 0 Å². The highest BCUT2D eigenvalue weighted by atomic mass is 16.6. The molecule has 0 radical (unpaired) electrons. The molecule has 140 valence electrons. The Bertz CT molecular complexity index is 990. The summed E-state index contributed by atoms with van der Waals surface area (Å²) in [5.41, 5.74) is 9.01. The van der Waals surface area contributed by atoms with E-state index in [0.717, 1.165) is 5.56 Å². The molecule has 0 amide bonds. The lowest BCUT2D eigenvalue weighted by atomic mass is 10.1. The summed E-state index contributed by atoms with van der Waals surface area (Å²) in [5.74, 6) is -0.525. The number of benzene rings is 1. The fraction of sp³-hybridized carbons (Fsp3) is 0.353. The van der Waals surface area contributed by atoms with Gasteiger partial charge in [-0.25, -0.2) is 9.59 Å². The van der Waals surface area contributed by atoms with Crippen molar-refractivity contribution in [3.8, 4) is 0 Å². The Kier molecular flexibility index (Phi) is 5.39. The second kappa shape index (κ2) is 7.90. The molecule has 10 nitrogen and oxygen atoms in total. The van der Waals surface area contributed by atoms with Gasteiger partial charge in [-0.05, 0) is 24.6 Å². The molecule has 1 aliphatic rings. The average Bonchev–Trinajstić information content (AvgIpc) is 3.03. The van der Waals surface area contributed by atoms with Crippen molar-refractivity contribution in [3.63, 3.8) is 0 Å². The number of aryl methyl sites for hydroxylation is 1. The lowest BCUT2D eigenvalue weighted by Crippen LogP contribution is -2.32. The van der Waals surface area contributed by atoms with Crippen LogP contribution in [0.3, 0.4) is 0 Å². The summed E-state index contributed by atoms with van der Waals surface area (Å²) in [6, 6.07) is 7.47. The molecule has 3 rings (SSSR count). The Morgan fingerprint density at radius 2 is 2.11 bits per heavy atom. The SMILES string of the molecule is Cc1ccc(C(=O)OC[C@H]2O[C@@H](n3ccc(=O)[nH]c3=O)C[C@H]2N=[N+]=[N-])cc1. The number of H-pyrrole nitrogens is 1. The predicted octanol–water partition coefficient (Wildman–Crippen LogP) is 1.67. The van der Waals surface area contributed by atoms with Crippen LogP contribution in [0.15, 0.2) is 51.2 Å². The number of ether oxygens (including phenoxy) is 2. The van der Waals surface area contributed by atoms with E-state index in [1.807, 2.05) is 6.92 Å². The Morgan fingerprint density at radius 3 is 2.78 bits per heavy atom. The minimum absolute atomic E-state index is 0.134. The maximum Gasteiger partial charge on any atom is 0.338 e. The van der Waals surface area contributed by atoms with E-state index in [0.29, 0.717) is 5.56 Å². The van der Waals surface area contributed by atoms with Crippen LogP contribution in [-0.2, 0) is 9.47 Å². The molecule has 1 aromatic carbocycles. The van der Waals surface area contributed by atoms with Gasteiger partial charge in [0.05, 0.1) is 11.6 Å². The fourth-order valence-electron chi connectivity index (χ4n) is 2.81. The van der Waals surface area contributed by atoms with Crippen molar-refractivity contribution in [1.29, 1.82) is 0 Å². The van der Waals surface area contributed by atoms with E-state index in [1.165, 1.54) is 16.8 Å². The number of aromatic nitrogens is 2. The number of carbonyl (C=O) groups is 1. The maximum atomic E-state index is 12.1. The van der Waals surface area contributed by atoms with Gasteiger partial charge in [-0.15, -0.1) is 0 Å². The lowest BCUT2D eigenvalue weighted by molar-refractivity contribution is -0.0362. The van der Waals surface area contributed by atoms with Gasteiger partial charge < -0.3 is 9.47 Å². The van der Waals surface area contributed by atoms with Crippen LogP contribution >= 0.6 is 0 Å². The van der Waals surface area contributed by atoms with E-state index in [2.05, 4.69) is 15.0 Å². The van der Waals surface area contributed by atoms with Crippen LogP contribution in [0, 0.1) is 6.92 Å². The van der Waals surface area contributed by atoms with E-state index in [4.69, 9.17) is 15.0 Å². The van der Waals surface area contributed by atoms with Crippen LogP contribution < -0.4 is 11.2 Å². The lowest BCUT2D eigenvalue weighted by Gasteiger charge is -2.16. The molecule has 27 heavy (non-hydrogen) atoms. The van der Waals surface area contributed by atoms with E-state index >= 15 is 0 Å². The van der Waals surface area contributed by atoms with Gasteiger partial charge >= 0.3 is 11.7 Å². The number of carbonyl (C=O) groups excluding carboxylic acids is 1. The Morgan fingerprint density at radius 1 is 1.37 bits per heavy atom. The number of hydrogen-bond donors (Lipinski definition) is 1. The first-order chi connectivity index (χ1) is 13.0. The summed E-state index contributed by atoms with van der Waals surface area (Å²) in [6.45, 7) is 1.77. The number of esters is 1. The maximum absolute atomic E-state index is 12.1. The zero-order valence-electron chi connectivity index (χ0n) is 14.4. The normalized spacial score (nSPS) is 21.4. The molecule has 1 N–H and O–H groups in total. The van der Waals surface area contributed by atoms with Crippen LogP contribution in [0.2, 0.25) is 0 Å². The van der Waals surface area contributed by atoms with Gasteiger partial charge in [0.1, 0.15) is 18.9 Å². The Labute approximate surface area is 153 Å².